The molecule has 0 N–H and O–H groups in total. The van der Waals surface area contributed by atoms with Crippen LogP contribution in [0.5, 0.6) is 5.88 Å². The Labute approximate surface area is 114 Å². The summed E-state index contributed by atoms with van der Waals surface area (Å²) < 4.78 is 6.56. The summed E-state index contributed by atoms with van der Waals surface area (Å²) in [4.78, 5) is 15.2. The molecule has 0 amide bonds. The summed E-state index contributed by atoms with van der Waals surface area (Å²) in [6, 6.07) is 11.3. The third-order valence-corrected chi connectivity index (χ3v) is 3.25. The lowest BCUT2D eigenvalue weighted by molar-refractivity contribution is 0.101. The van der Waals surface area contributed by atoms with Crippen LogP contribution in [-0.4, -0.2) is 10.8 Å². The minimum atomic E-state index is -0.000135. The molecule has 4 heteroatoms. The molecule has 0 fully saturated rings. The fourth-order valence-electron chi connectivity index (χ4n) is 1.44. The van der Waals surface area contributed by atoms with Crippen molar-refractivity contribution in [2.75, 3.05) is 0 Å². The van der Waals surface area contributed by atoms with Gasteiger partial charge in [0.2, 0.25) is 5.88 Å². The van der Waals surface area contributed by atoms with Crippen molar-refractivity contribution in [3.05, 3.63) is 58.2 Å². The average molecular weight is 306 g/mol. The monoisotopic (exact) mass is 305 g/mol. The SMILES string of the molecule is CC(=O)c1ccc(OCc2ccccc2Br)nc1. The maximum Gasteiger partial charge on any atom is 0.213 e. The van der Waals surface area contributed by atoms with Crippen molar-refractivity contribution in [1.82, 2.24) is 4.98 Å². The number of pyridine rings is 1. The molecule has 18 heavy (non-hydrogen) atoms. The Bertz CT molecular complexity index is 552. The molecule has 0 unspecified atom stereocenters. The molecule has 0 atom stereocenters. The van der Waals surface area contributed by atoms with Gasteiger partial charge < -0.3 is 4.74 Å². The summed E-state index contributed by atoms with van der Waals surface area (Å²) in [6.07, 6.45) is 1.53. The first-order valence-electron chi connectivity index (χ1n) is 5.50. The van der Waals surface area contributed by atoms with E-state index in [9.17, 15) is 4.79 Å². The van der Waals surface area contributed by atoms with Gasteiger partial charge in [0.15, 0.2) is 5.78 Å². The lowest BCUT2D eigenvalue weighted by atomic mass is 10.2. The van der Waals surface area contributed by atoms with E-state index in [0.717, 1.165) is 10.0 Å². The Morgan fingerprint density at radius 3 is 2.67 bits per heavy atom. The van der Waals surface area contributed by atoms with E-state index >= 15 is 0 Å². The van der Waals surface area contributed by atoms with E-state index in [-0.39, 0.29) is 5.78 Å². The highest BCUT2D eigenvalue weighted by molar-refractivity contribution is 9.10. The molecule has 1 aromatic heterocycles. The zero-order valence-electron chi connectivity index (χ0n) is 9.89. The normalized spacial score (nSPS) is 10.1. The Hall–Kier alpha value is -1.68. The highest BCUT2D eigenvalue weighted by Crippen LogP contribution is 2.18. The summed E-state index contributed by atoms with van der Waals surface area (Å²) in [5.41, 5.74) is 1.64. The van der Waals surface area contributed by atoms with Gasteiger partial charge in [-0.05, 0) is 19.1 Å². The van der Waals surface area contributed by atoms with Crippen molar-refractivity contribution in [2.24, 2.45) is 0 Å². The summed E-state index contributed by atoms with van der Waals surface area (Å²) >= 11 is 3.46. The molecule has 0 saturated carbocycles. The molecule has 0 aliphatic rings. The smallest absolute Gasteiger partial charge is 0.213 e. The highest BCUT2D eigenvalue weighted by atomic mass is 79.9. The lowest BCUT2D eigenvalue weighted by Crippen LogP contribution is -1.99. The van der Waals surface area contributed by atoms with Gasteiger partial charge in [-0.1, -0.05) is 34.1 Å². The molecule has 0 aliphatic heterocycles. The second-order valence-corrected chi connectivity index (χ2v) is 4.68. The van der Waals surface area contributed by atoms with Crippen molar-refractivity contribution in [3.8, 4) is 5.88 Å². The third-order valence-electron chi connectivity index (χ3n) is 2.48. The number of rotatable bonds is 4. The van der Waals surface area contributed by atoms with Crippen LogP contribution in [0.2, 0.25) is 0 Å². The van der Waals surface area contributed by atoms with Crippen molar-refractivity contribution >= 4 is 21.7 Å². The second-order valence-electron chi connectivity index (χ2n) is 3.82. The van der Waals surface area contributed by atoms with E-state index < -0.39 is 0 Å². The van der Waals surface area contributed by atoms with Gasteiger partial charge in [-0.25, -0.2) is 4.98 Å². The van der Waals surface area contributed by atoms with Gasteiger partial charge in [-0.15, -0.1) is 0 Å². The van der Waals surface area contributed by atoms with E-state index in [0.29, 0.717) is 18.1 Å². The van der Waals surface area contributed by atoms with Crippen LogP contribution in [0, 0.1) is 0 Å². The van der Waals surface area contributed by atoms with E-state index in [4.69, 9.17) is 4.74 Å². The van der Waals surface area contributed by atoms with Crippen LogP contribution in [0.4, 0.5) is 0 Å². The summed E-state index contributed by atoms with van der Waals surface area (Å²) in [5.74, 6) is 0.510. The number of halogens is 1. The fraction of sp³-hybridized carbons (Fsp3) is 0.143. The van der Waals surface area contributed by atoms with Gasteiger partial charge in [-0.3, -0.25) is 4.79 Å². The number of carbonyl (C=O) groups excluding carboxylic acids is 1. The van der Waals surface area contributed by atoms with Gasteiger partial charge >= 0.3 is 0 Å². The molecule has 1 heterocycles. The van der Waals surface area contributed by atoms with Crippen molar-refractivity contribution in [2.45, 2.75) is 13.5 Å². The number of ketones is 1. The molecule has 0 bridgehead atoms. The maximum absolute atomic E-state index is 11.1. The van der Waals surface area contributed by atoms with E-state index in [2.05, 4.69) is 20.9 Å². The van der Waals surface area contributed by atoms with Gasteiger partial charge in [0.05, 0.1) is 0 Å². The average Bonchev–Trinajstić information content (AvgIpc) is 2.38. The van der Waals surface area contributed by atoms with Crippen molar-refractivity contribution < 1.29 is 9.53 Å². The fourth-order valence-corrected chi connectivity index (χ4v) is 1.84. The second kappa shape index (κ2) is 5.78. The van der Waals surface area contributed by atoms with E-state index in [1.165, 1.54) is 13.1 Å². The van der Waals surface area contributed by atoms with Gasteiger partial charge in [0.25, 0.3) is 0 Å². The van der Waals surface area contributed by atoms with Gasteiger partial charge in [0.1, 0.15) is 6.61 Å². The summed E-state index contributed by atoms with van der Waals surface area (Å²) in [5, 5.41) is 0. The van der Waals surface area contributed by atoms with Crippen LogP contribution >= 0.6 is 15.9 Å². The quantitative estimate of drug-likeness (QED) is 0.810. The number of benzene rings is 1. The first-order valence-corrected chi connectivity index (χ1v) is 6.29. The summed E-state index contributed by atoms with van der Waals surface area (Å²) in [7, 11) is 0. The molecule has 0 aliphatic carbocycles. The number of aromatic nitrogens is 1. The molecular weight excluding hydrogens is 294 g/mol. The number of ether oxygens (including phenoxy) is 1. The van der Waals surface area contributed by atoms with Crippen molar-refractivity contribution in [3.63, 3.8) is 0 Å². The Balaban J connectivity index is 2.02. The van der Waals surface area contributed by atoms with Crippen LogP contribution in [0.25, 0.3) is 0 Å². The summed E-state index contributed by atoms with van der Waals surface area (Å²) in [6.45, 7) is 1.95. The first-order chi connectivity index (χ1) is 8.66. The van der Waals surface area contributed by atoms with Crippen molar-refractivity contribution in [1.29, 1.82) is 0 Å². The van der Waals surface area contributed by atoms with Gasteiger partial charge in [-0.2, -0.15) is 0 Å². The van der Waals surface area contributed by atoms with Crippen LogP contribution in [0.1, 0.15) is 22.8 Å². The first kappa shape index (κ1) is 12.8. The molecule has 0 spiro atoms. The number of hydrogen-bond acceptors (Lipinski definition) is 3. The lowest BCUT2D eigenvalue weighted by Gasteiger charge is -2.07. The molecule has 3 nitrogen and oxygen atoms in total. The molecule has 2 rings (SSSR count). The predicted octanol–water partition coefficient (Wildman–Crippen LogP) is 3.63. The van der Waals surface area contributed by atoms with E-state index in [1.807, 2.05) is 24.3 Å². The standard InChI is InChI=1S/C14H12BrNO2/c1-10(17)11-6-7-14(16-8-11)18-9-12-4-2-3-5-13(12)15/h2-8H,9H2,1H3. The molecular formula is C14H12BrNO2. The zero-order chi connectivity index (χ0) is 13.0. The number of carbonyl (C=O) groups is 1. The van der Waals surface area contributed by atoms with Crippen LogP contribution in [0.15, 0.2) is 47.1 Å². The van der Waals surface area contributed by atoms with Crippen LogP contribution < -0.4 is 4.74 Å². The molecule has 0 radical (unpaired) electrons. The highest BCUT2D eigenvalue weighted by Gasteiger charge is 2.03. The predicted molar refractivity (Wildman–Crippen MR) is 72.7 cm³/mol. The number of Topliss-reactive ketones (excluding diaryl/α,β-unsaturated/α-hetero) is 1. The largest absolute Gasteiger partial charge is 0.473 e. The van der Waals surface area contributed by atoms with Crippen LogP contribution in [0.3, 0.4) is 0 Å². The molecule has 0 saturated heterocycles. The topological polar surface area (TPSA) is 39.2 Å². The Morgan fingerprint density at radius 2 is 2.06 bits per heavy atom. The molecule has 2 aromatic rings. The Kier molecular flexibility index (Phi) is 4.10. The number of nitrogens with zero attached hydrogens (tertiary/aromatic N) is 1. The third kappa shape index (κ3) is 3.17. The minimum absolute atomic E-state index is 0.000135. The molecule has 1 aromatic carbocycles. The zero-order valence-corrected chi connectivity index (χ0v) is 11.5. The Morgan fingerprint density at radius 1 is 1.28 bits per heavy atom. The van der Waals surface area contributed by atoms with Gasteiger partial charge in [0, 0.05) is 27.9 Å². The number of hydrogen-bond donors (Lipinski definition) is 0. The molecule has 92 valence electrons. The van der Waals surface area contributed by atoms with E-state index in [1.54, 1.807) is 12.1 Å². The maximum atomic E-state index is 11.1. The van der Waals surface area contributed by atoms with Crippen LogP contribution in [-0.2, 0) is 6.61 Å². The minimum Gasteiger partial charge on any atom is -0.473 e.